The molecule has 1 aliphatic heterocycles. The van der Waals surface area contributed by atoms with Gasteiger partial charge in [-0.3, -0.25) is 4.57 Å². The van der Waals surface area contributed by atoms with E-state index in [0.717, 1.165) is 33.4 Å². The van der Waals surface area contributed by atoms with Crippen molar-refractivity contribution in [1.29, 1.82) is 0 Å². The lowest BCUT2D eigenvalue weighted by Crippen LogP contribution is -2.50. The Morgan fingerprint density at radius 2 is 1.03 bits per heavy atom. The maximum atomic E-state index is 12.6. The Bertz CT molecular complexity index is 2560. The van der Waals surface area contributed by atoms with Gasteiger partial charge >= 0.3 is 0 Å². The van der Waals surface area contributed by atoms with Crippen LogP contribution in [0.2, 0.25) is 18.1 Å². The van der Waals surface area contributed by atoms with Gasteiger partial charge < -0.3 is 24.3 Å². The number of anilines is 1. The van der Waals surface area contributed by atoms with Gasteiger partial charge in [-0.25, -0.2) is 15.0 Å². The summed E-state index contributed by atoms with van der Waals surface area (Å²) in [5.41, 5.74) is 5.17. The quantitative estimate of drug-likeness (QED) is 0.0823. The van der Waals surface area contributed by atoms with Gasteiger partial charge in [0.15, 0.2) is 31.5 Å². The number of nitrogens with one attached hydrogen (secondary N) is 1. The molecule has 0 aliphatic carbocycles. The molecule has 8 aromatic rings. The van der Waals surface area contributed by atoms with Gasteiger partial charge in [-0.05, 0) is 51.5 Å². The molecule has 324 valence electrons. The minimum absolute atomic E-state index is 0.105. The number of rotatable bonds is 14. The summed E-state index contributed by atoms with van der Waals surface area (Å²) in [6, 6.07) is 61.9. The molecule has 64 heavy (non-hydrogen) atoms. The summed E-state index contributed by atoms with van der Waals surface area (Å²) in [6.07, 6.45) is -0.190. The van der Waals surface area contributed by atoms with E-state index in [-0.39, 0.29) is 11.6 Å². The molecule has 0 amide bonds. The van der Waals surface area contributed by atoms with E-state index < -0.39 is 44.0 Å². The SMILES string of the molecule is CC(C)(C)[Si](C)(C)O[C@H]1[C@H](O)[C@H](n2cnc3c(NC(c4ccccc4)(c4ccccc4)c4ccccc4)ncnc32)O[C@@H]1COC(c1ccccc1)(c1ccccc1)c1ccccc1. The molecule has 3 heterocycles. The van der Waals surface area contributed by atoms with Crippen LogP contribution in [0.3, 0.4) is 0 Å². The van der Waals surface area contributed by atoms with E-state index in [2.05, 4.69) is 112 Å². The molecule has 10 heteroatoms. The molecule has 1 aliphatic rings. The van der Waals surface area contributed by atoms with Crippen molar-refractivity contribution in [3.63, 3.8) is 0 Å². The van der Waals surface area contributed by atoms with E-state index in [9.17, 15) is 5.11 Å². The lowest BCUT2D eigenvalue weighted by Gasteiger charge is -2.41. The standard InChI is InChI=1S/C54H55N5O4Si/c1-52(2,3)64(4,5)63-48-45(36-61-54(42-30-18-9-19-31-42,43-32-20-10-21-33-43)44-34-22-11-23-35-44)62-51(47(48)60)59-38-57-46-49(55-37-56-50(46)59)58-53(39-24-12-6-13-25-39,40-26-14-7-15-27-40)41-28-16-8-17-29-41/h6-35,37-38,45,47-48,51,60H,36H2,1-5H3,(H,55,56,58)/t45-,47+,48-,51-/m1/s1. The molecule has 2 aromatic heterocycles. The summed E-state index contributed by atoms with van der Waals surface area (Å²) in [6.45, 7) is 11.1. The molecule has 0 bridgehead atoms. The first-order chi connectivity index (χ1) is 31.0. The van der Waals surface area contributed by atoms with Crippen LogP contribution in [0.4, 0.5) is 5.82 Å². The van der Waals surface area contributed by atoms with Crippen molar-refractivity contribution in [2.24, 2.45) is 0 Å². The summed E-state index contributed by atoms with van der Waals surface area (Å²) in [4.78, 5) is 14.6. The molecule has 6 aromatic carbocycles. The first kappa shape index (κ1) is 43.0. The van der Waals surface area contributed by atoms with Gasteiger partial charge in [0.2, 0.25) is 0 Å². The fourth-order valence-corrected chi connectivity index (χ4v) is 10.1. The van der Waals surface area contributed by atoms with Crippen molar-refractivity contribution in [3.05, 3.63) is 228 Å². The second kappa shape index (κ2) is 17.7. The molecular weight excluding hydrogens is 811 g/mol. The monoisotopic (exact) mass is 865 g/mol. The minimum Gasteiger partial charge on any atom is -0.408 e. The predicted molar refractivity (Wildman–Crippen MR) is 255 cm³/mol. The van der Waals surface area contributed by atoms with Crippen molar-refractivity contribution in [2.75, 3.05) is 11.9 Å². The molecule has 0 spiro atoms. The number of aliphatic hydroxyl groups excluding tert-OH is 1. The highest BCUT2D eigenvalue weighted by Gasteiger charge is 2.52. The summed E-state index contributed by atoms with van der Waals surface area (Å²) >= 11 is 0. The maximum absolute atomic E-state index is 12.6. The van der Waals surface area contributed by atoms with Crippen molar-refractivity contribution < 1.29 is 19.0 Å². The molecule has 0 saturated carbocycles. The third-order valence-electron chi connectivity index (χ3n) is 13.1. The number of nitrogens with zero attached hydrogens (tertiary/aromatic N) is 4. The third-order valence-corrected chi connectivity index (χ3v) is 17.6. The van der Waals surface area contributed by atoms with Crippen LogP contribution >= 0.6 is 0 Å². The van der Waals surface area contributed by atoms with Gasteiger partial charge in [-0.15, -0.1) is 0 Å². The number of hydrogen-bond acceptors (Lipinski definition) is 8. The van der Waals surface area contributed by atoms with E-state index in [1.807, 2.05) is 114 Å². The zero-order valence-corrected chi connectivity index (χ0v) is 38.0. The first-order valence-electron chi connectivity index (χ1n) is 22.0. The van der Waals surface area contributed by atoms with Crippen molar-refractivity contribution >= 4 is 25.3 Å². The van der Waals surface area contributed by atoms with Crippen LogP contribution in [-0.2, 0) is 25.0 Å². The Morgan fingerprint density at radius 1 is 0.609 bits per heavy atom. The van der Waals surface area contributed by atoms with Crippen LogP contribution in [-0.4, -0.2) is 57.9 Å². The summed E-state index contributed by atoms with van der Waals surface area (Å²) in [5.74, 6) is 0.528. The van der Waals surface area contributed by atoms with Crippen LogP contribution in [0.5, 0.6) is 0 Å². The highest BCUT2D eigenvalue weighted by molar-refractivity contribution is 6.74. The minimum atomic E-state index is -2.48. The fourth-order valence-electron chi connectivity index (χ4n) is 8.81. The van der Waals surface area contributed by atoms with Crippen molar-refractivity contribution in [1.82, 2.24) is 19.5 Å². The average molecular weight is 866 g/mol. The van der Waals surface area contributed by atoms with Gasteiger partial charge in [-0.1, -0.05) is 203 Å². The summed E-state index contributed by atoms with van der Waals surface area (Å²) in [7, 11) is -2.48. The normalized spacial score (nSPS) is 18.3. The Kier molecular flexibility index (Phi) is 11.9. The van der Waals surface area contributed by atoms with Crippen molar-refractivity contribution in [3.8, 4) is 0 Å². The van der Waals surface area contributed by atoms with E-state index >= 15 is 0 Å². The topological polar surface area (TPSA) is 104 Å². The van der Waals surface area contributed by atoms with Crippen LogP contribution in [0, 0.1) is 0 Å². The van der Waals surface area contributed by atoms with E-state index in [0.29, 0.717) is 17.0 Å². The predicted octanol–water partition coefficient (Wildman–Crippen LogP) is 10.9. The largest absolute Gasteiger partial charge is 0.408 e. The number of ether oxygens (including phenoxy) is 2. The van der Waals surface area contributed by atoms with Gasteiger partial charge in [0, 0.05) is 0 Å². The Labute approximate surface area is 376 Å². The van der Waals surface area contributed by atoms with Gasteiger partial charge in [-0.2, -0.15) is 0 Å². The molecule has 0 unspecified atom stereocenters. The molecule has 4 atom stereocenters. The zero-order chi connectivity index (χ0) is 44.4. The summed E-state index contributed by atoms with van der Waals surface area (Å²) < 4.78 is 23.3. The van der Waals surface area contributed by atoms with Crippen LogP contribution in [0.15, 0.2) is 195 Å². The Balaban J connectivity index is 1.13. The van der Waals surface area contributed by atoms with Crippen LogP contribution in [0.25, 0.3) is 11.2 Å². The average Bonchev–Trinajstić information content (AvgIpc) is 3.90. The number of fused-ring (bicyclic) bond motifs is 1. The lowest BCUT2D eigenvalue weighted by molar-refractivity contribution is -0.0930. The van der Waals surface area contributed by atoms with Gasteiger partial charge in [0.05, 0.1) is 12.9 Å². The van der Waals surface area contributed by atoms with Crippen LogP contribution in [0.1, 0.15) is 60.4 Å². The Morgan fingerprint density at radius 3 is 1.45 bits per heavy atom. The highest BCUT2D eigenvalue weighted by Crippen LogP contribution is 2.46. The molecule has 9 nitrogen and oxygen atoms in total. The highest BCUT2D eigenvalue weighted by atomic mass is 28.4. The summed E-state index contributed by atoms with van der Waals surface area (Å²) in [5, 5.41) is 16.3. The van der Waals surface area contributed by atoms with E-state index in [1.165, 1.54) is 6.33 Å². The molecule has 0 radical (unpaired) electrons. The van der Waals surface area contributed by atoms with Crippen LogP contribution < -0.4 is 5.32 Å². The van der Waals surface area contributed by atoms with Crippen molar-refractivity contribution in [2.45, 2.75) is 74.6 Å². The number of imidazole rings is 1. The third kappa shape index (κ3) is 7.86. The molecule has 2 N–H and O–H groups in total. The number of hydrogen-bond donors (Lipinski definition) is 2. The lowest BCUT2D eigenvalue weighted by atomic mass is 9.77. The molecule has 9 rings (SSSR count). The molecular formula is C54H55N5O4Si. The van der Waals surface area contributed by atoms with Gasteiger partial charge in [0.1, 0.15) is 35.8 Å². The second-order valence-corrected chi connectivity index (χ2v) is 22.8. The fraction of sp³-hybridized carbons (Fsp3) is 0.241. The number of benzene rings is 6. The smallest absolute Gasteiger partial charge is 0.192 e. The maximum Gasteiger partial charge on any atom is 0.192 e. The molecule has 1 fully saturated rings. The zero-order valence-electron chi connectivity index (χ0n) is 37.0. The number of aromatic nitrogens is 4. The first-order valence-corrected chi connectivity index (χ1v) is 24.9. The van der Waals surface area contributed by atoms with Gasteiger partial charge in [0.25, 0.3) is 0 Å². The van der Waals surface area contributed by atoms with E-state index in [4.69, 9.17) is 28.9 Å². The number of aliphatic hydroxyl groups is 1. The Hall–Kier alpha value is -6.27. The van der Waals surface area contributed by atoms with E-state index in [1.54, 1.807) is 6.33 Å². The second-order valence-electron chi connectivity index (χ2n) is 18.0. The molecule has 1 saturated heterocycles.